The van der Waals surface area contributed by atoms with Gasteiger partial charge in [-0.25, -0.2) is 0 Å². The van der Waals surface area contributed by atoms with Gasteiger partial charge in [0.15, 0.2) is 0 Å². The van der Waals surface area contributed by atoms with Crippen molar-refractivity contribution in [2.45, 2.75) is 32.9 Å². The number of hydrogen-bond donors (Lipinski definition) is 1. The molecule has 94 valence electrons. The number of rotatable bonds is 3. The summed E-state index contributed by atoms with van der Waals surface area (Å²) in [4.78, 5) is 2.59. The first-order valence-corrected chi connectivity index (χ1v) is 6.71. The molecule has 2 unspecified atom stereocenters. The van der Waals surface area contributed by atoms with Crippen LogP contribution in [0.15, 0.2) is 30.3 Å². The van der Waals surface area contributed by atoms with E-state index in [0.29, 0.717) is 18.0 Å². The maximum atomic E-state index is 3.61. The Morgan fingerprint density at radius 2 is 1.88 bits per heavy atom. The quantitative estimate of drug-likeness (QED) is 0.862. The summed E-state index contributed by atoms with van der Waals surface area (Å²) in [7, 11) is 0. The lowest BCUT2D eigenvalue weighted by atomic mass is 9.99. The Balaban J connectivity index is 2.02. The van der Waals surface area contributed by atoms with Gasteiger partial charge in [-0.1, -0.05) is 44.2 Å². The van der Waals surface area contributed by atoms with E-state index in [1.807, 2.05) is 0 Å². The third kappa shape index (κ3) is 3.08. The van der Waals surface area contributed by atoms with Crippen LogP contribution in [0.2, 0.25) is 0 Å². The summed E-state index contributed by atoms with van der Waals surface area (Å²) in [6.07, 6.45) is 0. The Morgan fingerprint density at radius 3 is 2.53 bits per heavy atom. The number of benzene rings is 1. The van der Waals surface area contributed by atoms with E-state index in [9.17, 15) is 0 Å². The molecule has 1 heterocycles. The number of nitrogens with zero attached hydrogens (tertiary/aromatic N) is 1. The van der Waals surface area contributed by atoms with Crippen LogP contribution in [0.5, 0.6) is 0 Å². The van der Waals surface area contributed by atoms with Gasteiger partial charge in [0, 0.05) is 31.7 Å². The maximum absolute atomic E-state index is 3.61. The molecule has 0 bridgehead atoms. The molecular weight excluding hydrogens is 208 g/mol. The summed E-state index contributed by atoms with van der Waals surface area (Å²) in [5.74, 6) is 0.709. The Labute approximate surface area is 105 Å². The summed E-state index contributed by atoms with van der Waals surface area (Å²) < 4.78 is 0. The topological polar surface area (TPSA) is 15.3 Å². The second-order valence-electron chi connectivity index (χ2n) is 5.39. The van der Waals surface area contributed by atoms with E-state index in [1.165, 1.54) is 5.56 Å². The van der Waals surface area contributed by atoms with Crippen molar-refractivity contribution in [2.75, 3.05) is 19.6 Å². The molecule has 17 heavy (non-hydrogen) atoms. The van der Waals surface area contributed by atoms with Gasteiger partial charge < -0.3 is 5.32 Å². The summed E-state index contributed by atoms with van der Waals surface area (Å²) in [6, 6.07) is 12.0. The van der Waals surface area contributed by atoms with Gasteiger partial charge in [-0.2, -0.15) is 0 Å². The van der Waals surface area contributed by atoms with Gasteiger partial charge in [0.2, 0.25) is 0 Å². The van der Waals surface area contributed by atoms with Crippen molar-refractivity contribution >= 4 is 0 Å². The fourth-order valence-electron chi connectivity index (χ4n) is 2.54. The van der Waals surface area contributed by atoms with Crippen molar-refractivity contribution in [3.8, 4) is 0 Å². The predicted molar refractivity (Wildman–Crippen MR) is 73.1 cm³/mol. The molecule has 2 atom stereocenters. The molecule has 0 aromatic heterocycles. The molecule has 2 heteroatoms. The molecule has 1 N–H and O–H groups in total. The van der Waals surface area contributed by atoms with Crippen LogP contribution in [0, 0.1) is 5.92 Å². The van der Waals surface area contributed by atoms with Crippen molar-refractivity contribution in [1.29, 1.82) is 0 Å². The van der Waals surface area contributed by atoms with Crippen LogP contribution in [0.25, 0.3) is 0 Å². The summed E-state index contributed by atoms with van der Waals surface area (Å²) in [5.41, 5.74) is 1.43. The molecule has 1 aromatic rings. The van der Waals surface area contributed by atoms with Crippen LogP contribution in [0.4, 0.5) is 0 Å². The highest BCUT2D eigenvalue weighted by Crippen LogP contribution is 2.22. The Hall–Kier alpha value is -0.860. The molecule has 1 aliphatic rings. The maximum Gasteiger partial charge on any atom is 0.0321 e. The highest BCUT2D eigenvalue weighted by Gasteiger charge is 2.25. The smallest absolute Gasteiger partial charge is 0.0321 e. The predicted octanol–water partition coefficient (Wildman–Crippen LogP) is 2.68. The van der Waals surface area contributed by atoms with Gasteiger partial charge in [0.1, 0.15) is 0 Å². The number of hydrogen-bond acceptors (Lipinski definition) is 2. The minimum Gasteiger partial charge on any atom is -0.311 e. The highest BCUT2D eigenvalue weighted by atomic mass is 15.2. The zero-order chi connectivity index (χ0) is 12.3. The first-order chi connectivity index (χ1) is 8.18. The molecule has 1 saturated heterocycles. The second kappa shape index (κ2) is 5.65. The van der Waals surface area contributed by atoms with Gasteiger partial charge in [-0.3, -0.25) is 4.90 Å². The molecule has 0 saturated carbocycles. The van der Waals surface area contributed by atoms with Crippen LogP contribution < -0.4 is 5.32 Å². The van der Waals surface area contributed by atoms with E-state index in [2.05, 4.69) is 61.3 Å². The molecule has 1 aliphatic heterocycles. The monoisotopic (exact) mass is 232 g/mol. The zero-order valence-corrected chi connectivity index (χ0v) is 11.2. The zero-order valence-electron chi connectivity index (χ0n) is 11.2. The van der Waals surface area contributed by atoms with E-state index in [1.54, 1.807) is 0 Å². The number of piperazine rings is 1. The van der Waals surface area contributed by atoms with Crippen LogP contribution in [0.3, 0.4) is 0 Å². The summed E-state index contributed by atoms with van der Waals surface area (Å²) in [6.45, 7) is 10.3. The molecule has 1 aromatic carbocycles. The molecule has 0 aliphatic carbocycles. The Morgan fingerprint density at radius 1 is 1.18 bits per heavy atom. The van der Waals surface area contributed by atoms with Crippen LogP contribution in [-0.4, -0.2) is 30.6 Å². The lowest BCUT2D eigenvalue weighted by Crippen LogP contribution is -2.53. The van der Waals surface area contributed by atoms with Gasteiger partial charge >= 0.3 is 0 Å². The molecule has 0 amide bonds. The second-order valence-corrected chi connectivity index (χ2v) is 5.39. The van der Waals surface area contributed by atoms with Crippen molar-refractivity contribution < 1.29 is 0 Å². The molecular formula is C15H24N2. The SMILES string of the molecule is CC(C)C1CN(C(C)c2ccccc2)CCN1. The third-order valence-corrected chi connectivity index (χ3v) is 3.87. The highest BCUT2D eigenvalue weighted by molar-refractivity contribution is 5.18. The van der Waals surface area contributed by atoms with Crippen molar-refractivity contribution in [3.63, 3.8) is 0 Å². The van der Waals surface area contributed by atoms with Gasteiger partial charge in [-0.05, 0) is 18.4 Å². The first-order valence-electron chi connectivity index (χ1n) is 6.71. The number of nitrogens with one attached hydrogen (secondary N) is 1. The van der Waals surface area contributed by atoms with E-state index < -0.39 is 0 Å². The largest absolute Gasteiger partial charge is 0.311 e. The van der Waals surface area contributed by atoms with E-state index >= 15 is 0 Å². The third-order valence-electron chi connectivity index (χ3n) is 3.87. The van der Waals surface area contributed by atoms with Crippen molar-refractivity contribution in [2.24, 2.45) is 5.92 Å². The molecule has 0 spiro atoms. The molecule has 1 fully saturated rings. The lowest BCUT2D eigenvalue weighted by molar-refractivity contribution is 0.135. The average molecular weight is 232 g/mol. The minimum absolute atomic E-state index is 0.527. The Bertz CT molecular complexity index is 334. The lowest BCUT2D eigenvalue weighted by Gasteiger charge is -2.39. The molecule has 2 rings (SSSR count). The summed E-state index contributed by atoms with van der Waals surface area (Å²) >= 11 is 0. The van der Waals surface area contributed by atoms with E-state index in [4.69, 9.17) is 0 Å². The fourth-order valence-corrected chi connectivity index (χ4v) is 2.54. The van der Waals surface area contributed by atoms with Crippen LogP contribution in [0.1, 0.15) is 32.4 Å². The summed E-state index contributed by atoms with van der Waals surface area (Å²) in [5, 5.41) is 3.61. The van der Waals surface area contributed by atoms with E-state index in [0.717, 1.165) is 19.6 Å². The van der Waals surface area contributed by atoms with Crippen molar-refractivity contribution in [1.82, 2.24) is 10.2 Å². The average Bonchev–Trinajstić information content (AvgIpc) is 2.39. The molecule has 0 radical (unpaired) electrons. The normalized spacial score (nSPS) is 23.9. The standard InChI is InChI=1S/C15H24N2/c1-12(2)15-11-17(10-9-16-15)13(3)14-7-5-4-6-8-14/h4-8,12-13,15-16H,9-11H2,1-3H3. The van der Waals surface area contributed by atoms with Gasteiger partial charge in [-0.15, -0.1) is 0 Å². The van der Waals surface area contributed by atoms with Gasteiger partial charge in [0.05, 0.1) is 0 Å². The minimum atomic E-state index is 0.527. The Kier molecular flexibility index (Phi) is 4.19. The van der Waals surface area contributed by atoms with E-state index in [-0.39, 0.29) is 0 Å². The van der Waals surface area contributed by atoms with Gasteiger partial charge in [0.25, 0.3) is 0 Å². The van der Waals surface area contributed by atoms with Crippen molar-refractivity contribution in [3.05, 3.63) is 35.9 Å². The fraction of sp³-hybridized carbons (Fsp3) is 0.600. The van der Waals surface area contributed by atoms with Crippen LogP contribution >= 0.6 is 0 Å². The molecule has 2 nitrogen and oxygen atoms in total. The van der Waals surface area contributed by atoms with Crippen LogP contribution in [-0.2, 0) is 0 Å². The first kappa shape index (κ1) is 12.6.